The largest absolute Gasteiger partial charge is 0.322 e. The third-order valence-corrected chi connectivity index (χ3v) is 5.38. The lowest BCUT2D eigenvalue weighted by Gasteiger charge is -2.12. The highest BCUT2D eigenvalue weighted by atomic mass is 16.1. The normalized spacial score (nSPS) is 11.9. The zero-order chi connectivity index (χ0) is 20.2. The van der Waals surface area contributed by atoms with E-state index in [9.17, 15) is 4.79 Å². The minimum atomic E-state index is -0.128. The van der Waals surface area contributed by atoms with Crippen molar-refractivity contribution in [2.75, 3.05) is 5.32 Å². The number of amides is 1. The summed E-state index contributed by atoms with van der Waals surface area (Å²) in [5, 5.41) is 3.89. The Morgan fingerprint density at radius 2 is 1.62 bits per heavy atom. The number of benzene rings is 3. The highest BCUT2D eigenvalue weighted by Crippen LogP contribution is 2.26. The highest BCUT2D eigenvalue weighted by Gasteiger charge is 2.14. The number of aromatic nitrogens is 1. The van der Waals surface area contributed by atoms with Gasteiger partial charge in [-0.1, -0.05) is 74.5 Å². The fourth-order valence-electron chi connectivity index (χ4n) is 3.45. The second-order valence-corrected chi connectivity index (χ2v) is 7.32. The first-order valence-corrected chi connectivity index (χ1v) is 10.0. The van der Waals surface area contributed by atoms with Gasteiger partial charge in [0, 0.05) is 16.6 Å². The molecule has 1 heterocycles. The number of para-hydroxylation sites is 1. The number of rotatable bonds is 5. The second-order valence-electron chi connectivity index (χ2n) is 7.32. The summed E-state index contributed by atoms with van der Waals surface area (Å²) in [6.45, 7) is 4.39. The van der Waals surface area contributed by atoms with Crippen molar-refractivity contribution in [2.45, 2.75) is 26.2 Å². The summed E-state index contributed by atoms with van der Waals surface area (Å²) < 4.78 is 0. The third-order valence-electron chi connectivity index (χ3n) is 5.38. The second kappa shape index (κ2) is 8.27. The Morgan fingerprint density at radius 3 is 2.34 bits per heavy atom. The molecule has 0 aliphatic heterocycles. The number of carbonyl (C=O) groups excluding carboxylic acids is 1. The summed E-state index contributed by atoms with van der Waals surface area (Å²) in [7, 11) is 0. The van der Waals surface area contributed by atoms with Gasteiger partial charge in [-0.05, 0) is 42.2 Å². The van der Waals surface area contributed by atoms with E-state index < -0.39 is 0 Å². The van der Waals surface area contributed by atoms with E-state index >= 15 is 0 Å². The van der Waals surface area contributed by atoms with Crippen molar-refractivity contribution in [1.82, 2.24) is 4.98 Å². The van der Waals surface area contributed by atoms with Crippen molar-refractivity contribution < 1.29 is 4.79 Å². The molecule has 0 aliphatic rings. The molecule has 0 saturated carbocycles. The number of carbonyl (C=O) groups is 1. The van der Waals surface area contributed by atoms with Gasteiger partial charge in [0.2, 0.25) is 0 Å². The molecule has 0 bridgehead atoms. The van der Waals surface area contributed by atoms with E-state index in [1.165, 1.54) is 5.56 Å². The van der Waals surface area contributed by atoms with Crippen LogP contribution in [0.15, 0.2) is 84.9 Å². The molecule has 3 aromatic carbocycles. The number of nitrogens with one attached hydrogen (secondary N) is 1. The smallest absolute Gasteiger partial charge is 0.256 e. The molecule has 4 aromatic rings. The topological polar surface area (TPSA) is 42.0 Å². The van der Waals surface area contributed by atoms with E-state index in [1.54, 1.807) is 0 Å². The minimum Gasteiger partial charge on any atom is -0.322 e. The SMILES string of the molecule is CC[C@@H](C)c1ccc(NC(=O)c2cc(-c3ccccc3)nc3ccccc23)cc1. The van der Waals surface area contributed by atoms with Crippen LogP contribution in [0.4, 0.5) is 5.69 Å². The molecular weight excluding hydrogens is 356 g/mol. The van der Waals surface area contributed by atoms with Gasteiger partial charge in [0.25, 0.3) is 5.91 Å². The van der Waals surface area contributed by atoms with Gasteiger partial charge in [0.1, 0.15) is 0 Å². The first kappa shape index (κ1) is 18.9. The molecule has 0 saturated heterocycles. The lowest BCUT2D eigenvalue weighted by atomic mass is 9.98. The zero-order valence-electron chi connectivity index (χ0n) is 16.7. The summed E-state index contributed by atoms with van der Waals surface area (Å²) in [5.41, 5.74) is 5.30. The van der Waals surface area contributed by atoms with Crippen LogP contribution in [-0.2, 0) is 0 Å². The number of hydrogen-bond acceptors (Lipinski definition) is 2. The van der Waals surface area contributed by atoms with Crippen molar-refractivity contribution >= 4 is 22.5 Å². The average molecular weight is 380 g/mol. The van der Waals surface area contributed by atoms with Crippen LogP contribution >= 0.6 is 0 Å². The maximum Gasteiger partial charge on any atom is 0.256 e. The maximum absolute atomic E-state index is 13.1. The molecule has 0 radical (unpaired) electrons. The molecule has 1 N–H and O–H groups in total. The predicted octanol–water partition coefficient (Wildman–Crippen LogP) is 6.67. The molecular formula is C26H24N2O. The Kier molecular flexibility index (Phi) is 5.39. The van der Waals surface area contributed by atoms with Crippen LogP contribution in [0.1, 0.15) is 42.1 Å². The number of anilines is 1. The Labute approximate surface area is 171 Å². The number of nitrogens with zero attached hydrogens (tertiary/aromatic N) is 1. The van der Waals surface area contributed by atoms with Crippen molar-refractivity contribution in [1.29, 1.82) is 0 Å². The van der Waals surface area contributed by atoms with Crippen LogP contribution in [0.25, 0.3) is 22.2 Å². The van der Waals surface area contributed by atoms with Gasteiger partial charge in [0.15, 0.2) is 0 Å². The lowest BCUT2D eigenvalue weighted by molar-refractivity contribution is 0.102. The van der Waals surface area contributed by atoms with E-state index in [0.29, 0.717) is 11.5 Å². The minimum absolute atomic E-state index is 0.128. The van der Waals surface area contributed by atoms with E-state index in [-0.39, 0.29) is 5.91 Å². The molecule has 1 aromatic heterocycles. The number of fused-ring (bicyclic) bond motifs is 1. The number of hydrogen-bond donors (Lipinski definition) is 1. The Morgan fingerprint density at radius 1 is 0.931 bits per heavy atom. The van der Waals surface area contributed by atoms with Crippen molar-refractivity contribution in [3.8, 4) is 11.3 Å². The third kappa shape index (κ3) is 4.04. The van der Waals surface area contributed by atoms with Crippen LogP contribution in [0.5, 0.6) is 0 Å². The molecule has 144 valence electrons. The quantitative estimate of drug-likeness (QED) is 0.420. The summed E-state index contributed by atoms with van der Waals surface area (Å²) in [6, 6.07) is 27.7. The van der Waals surface area contributed by atoms with Crippen molar-refractivity contribution in [3.63, 3.8) is 0 Å². The molecule has 0 aliphatic carbocycles. The summed E-state index contributed by atoms with van der Waals surface area (Å²) in [4.78, 5) is 17.9. The van der Waals surface area contributed by atoms with E-state index in [1.807, 2.05) is 72.8 Å². The Bertz CT molecular complexity index is 1130. The van der Waals surface area contributed by atoms with Gasteiger partial charge < -0.3 is 5.32 Å². The van der Waals surface area contributed by atoms with Crippen LogP contribution < -0.4 is 5.32 Å². The molecule has 29 heavy (non-hydrogen) atoms. The highest BCUT2D eigenvalue weighted by molar-refractivity contribution is 6.13. The monoisotopic (exact) mass is 380 g/mol. The average Bonchev–Trinajstić information content (AvgIpc) is 2.78. The zero-order valence-corrected chi connectivity index (χ0v) is 16.7. The molecule has 0 unspecified atom stereocenters. The Hall–Kier alpha value is -3.46. The fraction of sp³-hybridized carbons (Fsp3) is 0.154. The maximum atomic E-state index is 13.1. The van der Waals surface area contributed by atoms with E-state index in [2.05, 4.69) is 31.3 Å². The van der Waals surface area contributed by atoms with Crippen LogP contribution in [0.2, 0.25) is 0 Å². The van der Waals surface area contributed by atoms with Gasteiger partial charge >= 0.3 is 0 Å². The van der Waals surface area contributed by atoms with E-state index in [4.69, 9.17) is 4.98 Å². The fourth-order valence-corrected chi connectivity index (χ4v) is 3.45. The molecule has 0 fully saturated rings. The lowest BCUT2D eigenvalue weighted by Crippen LogP contribution is -2.13. The van der Waals surface area contributed by atoms with Crippen molar-refractivity contribution in [2.24, 2.45) is 0 Å². The summed E-state index contributed by atoms with van der Waals surface area (Å²) in [5.74, 6) is 0.384. The van der Waals surface area contributed by atoms with Gasteiger partial charge in [-0.2, -0.15) is 0 Å². The molecule has 1 amide bonds. The Balaban J connectivity index is 1.70. The predicted molar refractivity (Wildman–Crippen MR) is 120 cm³/mol. The van der Waals surface area contributed by atoms with Crippen LogP contribution in [-0.4, -0.2) is 10.9 Å². The van der Waals surface area contributed by atoms with Crippen LogP contribution in [0, 0.1) is 0 Å². The first-order chi connectivity index (χ1) is 14.2. The standard InChI is InChI=1S/C26H24N2O/c1-3-18(2)19-13-15-21(16-14-19)27-26(29)23-17-25(20-9-5-4-6-10-20)28-24-12-8-7-11-22(23)24/h4-18H,3H2,1-2H3,(H,27,29)/t18-/m1/s1. The summed E-state index contributed by atoms with van der Waals surface area (Å²) in [6.07, 6.45) is 1.09. The molecule has 1 atom stereocenters. The van der Waals surface area contributed by atoms with Crippen LogP contribution in [0.3, 0.4) is 0 Å². The number of pyridine rings is 1. The first-order valence-electron chi connectivity index (χ1n) is 10.0. The molecule has 3 nitrogen and oxygen atoms in total. The van der Waals surface area contributed by atoms with Gasteiger partial charge in [-0.25, -0.2) is 4.98 Å². The molecule has 0 spiro atoms. The summed E-state index contributed by atoms with van der Waals surface area (Å²) >= 11 is 0. The van der Waals surface area contributed by atoms with E-state index in [0.717, 1.165) is 34.3 Å². The van der Waals surface area contributed by atoms with Crippen molar-refractivity contribution in [3.05, 3.63) is 96.1 Å². The molecule has 3 heteroatoms. The van der Waals surface area contributed by atoms with Gasteiger partial charge in [-0.15, -0.1) is 0 Å². The van der Waals surface area contributed by atoms with Gasteiger partial charge in [0.05, 0.1) is 16.8 Å². The van der Waals surface area contributed by atoms with Gasteiger partial charge in [-0.3, -0.25) is 4.79 Å². The molecule has 4 rings (SSSR count).